The Bertz CT molecular complexity index is 432. The fraction of sp³-hybridized carbons (Fsp3) is 0.0909. The highest BCUT2D eigenvalue weighted by Gasteiger charge is 2.07. The van der Waals surface area contributed by atoms with Gasteiger partial charge in [0.1, 0.15) is 12.4 Å². The first kappa shape index (κ1) is 10.8. The van der Waals surface area contributed by atoms with Crippen LogP contribution in [0.3, 0.4) is 0 Å². The van der Waals surface area contributed by atoms with Gasteiger partial charge in [-0.15, -0.1) is 0 Å². The zero-order chi connectivity index (χ0) is 11.3. The molecule has 0 aliphatic heterocycles. The van der Waals surface area contributed by atoms with Crippen molar-refractivity contribution in [1.29, 1.82) is 5.26 Å². The first-order valence-electron chi connectivity index (χ1n) is 4.19. The highest BCUT2D eigenvalue weighted by Crippen LogP contribution is 2.17. The van der Waals surface area contributed by atoms with E-state index in [-0.39, 0.29) is 17.7 Å². The van der Waals surface area contributed by atoms with Gasteiger partial charge >= 0.3 is 5.97 Å². The lowest BCUT2D eigenvalue weighted by Crippen LogP contribution is -2.00. The zero-order valence-electron chi connectivity index (χ0n) is 7.93. The third kappa shape index (κ3) is 2.85. The Morgan fingerprint density at radius 3 is 2.87 bits per heavy atom. The molecular formula is C11H9NO3. The van der Waals surface area contributed by atoms with Crippen molar-refractivity contribution in [3.63, 3.8) is 0 Å². The molecule has 4 nitrogen and oxygen atoms in total. The maximum Gasteiger partial charge on any atom is 0.335 e. The molecule has 4 heteroatoms. The van der Waals surface area contributed by atoms with Crippen LogP contribution in [0.25, 0.3) is 0 Å². The van der Waals surface area contributed by atoms with Gasteiger partial charge in [-0.3, -0.25) is 0 Å². The number of carboxylic acids is 1. The predicted octanol–water partition coefficient (Wildman–Crippen LogP) is 1.82. The second-order valence-electron chi connectivity index (χ2n) is 2.76. The molecule has 1 aromatic carbocycles. The summed E-state index contributed by atoms with van der Waals surface area (Å²) in [4.78, 5) is 10.7. The van der Waals surface area contributed by atoms with Gasteiger partial charge in [-0.05, 0) is 18.2 Å². The SMILES string of the molecule is C=CCOc1cc(C#N)cc(C(=O)O)c1. The number of rotatable bonds is 4. The molecule has 0 amide bonds. The number of carbonyl (C=O) groups is 1. The van der Waals surface area contributed by atoms with E-state index in [0.717, 1.165) is 0 Å². The van der Waals surface area contributed by atoms with Crippen LogP contribution in [-0.2, 0) is 0 Å². The lowest BCUT2D eigenvalue weighted by atomic mass is 10.1. The van der Waals surface area contributed by atoms with Gasteiger partial charge in [-0.2, -0.15) is 5.26 Å². The van der Waals surface area contributed by atoms with Crippen LogP contribution in [0.4, 0.5) is 0 Å². The summed E-state index contributed by atoms with van der Waals surface area (Å²) in [7, 11) is 0. The third-order valence-electron chi connectivity index (χ3n) is 1.65. The van der Waals surface area contributed by atoms with Crippen LogP contribution in [0.15, 0.2) is 30.9 Å². The number of ether oxygens (including phenoxy) is 1. The third-order valence-corrected chi connectivity index (χ3v) is 1.65. The number of nitrogens with zero attached hydrogens (tertiary/aromatic N) is 1. The highest BCUT2D eigenvalue weighted by molar-refractivity contribution is 5.88. The molecule has 0 saturated carbocycles. The topological polar surface area (TPSA) is 70.3 Å². The van der Waals surface area contributed by atoms with Gasteiger partial charge in [0, 0.05) is 0 Å². The molecule has 0 unspecified atom stereocenters. The maximum atomic E-state index is 10.7. The van der Waals surface area contributed by atoms with Crippen molar-refractivity contribution in [3.8, 4) is 11.8 Å². The summed E-state index contributed by atoms with van der Waals surface area (Å²) in [6.07, 6.45) is 1.54. The fourth-order valence-corrected chi connectivity index (χ4v) is 1.03. The number of carboxylic acid groups (broad SMARTS) is 1. The monoisotopic (exact) mass is 203 g/mol. The Morgan fingerprint density at radius 1 is 1.60 bits per heavy atom. The van der Waals surface area contributed by atoms with Crippen LogP contribution in [0.2, 0.25) is 0 Å². The molecule has 15 heavy (non-hydrogen) atoms. The number of hydrogen-bond acceptors (Lipinski definition) is 3. The molecule has 0 radical (unpaired) electrons. The van der Waals surface area contributed by atoms with E-state index in [9.17, 15) is 4.79 Å². The molecule has 76 valence electrons. The van der Waals surface area contributed by atoms with Crippen LogP contribution in [0.5, 0.6) is 5.75 Å². The van der Waals surface area contributed by atoms with E-state index < -0.39 is 5.97 Å². The van der Waals surface area contributed by atoms with Crippen molar-refractivity contribution >= 4 is 5.97 Å². The minimum atomic E-state index is -1.09. The summed E-state index contributed by atoms with van der Waals surface area (Å²) in [5.74, 6) is -0.734. The molecule has 0 aliphatic rings. The van der Waals surface area contributed by atoms with Crippen LogP contribution in [0.1, 0.15) is 15.9 Å². The quantitative estimate of drug-likeness (QED) is 0.757. The standard InChI is InChI=1S/C11H9NO3/c1-2-3-15-10-5-8(7-12)4-9(6-10)11(13)14/h2,4-6H,1,3H2,(H,13,14). The van der Waals surface area contributed by atoms with Gasteiger partial charge in [0.05, 0.1) is 17.2 Å². The highest BCUT2D eigenvalue weighted by atomic mass is 16.5. The Morgan fingerprint density at radius 2 is 2.33 bits per heavy atom. The molecule has 0 saturated heterocycles. The molecular weight excluding hydrogens is 194 g/mol. The number of nitriles is 1. The Labute approximate surface area is 87.0 Å². The Hall–Kier alpha value is -2.28. The molecule has 1 aromatic rings. The predicted molar refractivity (Wildman–Crippen MR) is 53.8 cm³/mol. The lowest BCUT2D eigenvalue weighted by molar-refractivity contribution is 0.0696. The summed E-state index contributed by atoms with van der Waals surface area (Å²) >= 11 is 0. The Balaban J connectivity index is 3.06. The van der Waals surface area contributed by atoms with Crippen molar-refractivity contribution in [1.82, 2.24) is 0 Å². The summed E-state index contributed by atoms with van der Waals surface area (Å²) in [6.45, 7) is 3.74. The van der Waals surface area contributed by atoms with E-state index in [1.54, 1.807) is 6.08 Å². The van der Waals surface area contributed by atoms with E-state index >= 15 is 0 Å². The summed E-state index contributed by atoms with van der Waals surface area (Å²) in [6, 6.07) is 6.01. The number of hydrogen-bond donors (Lipinski definition) is 1. The van der Waals surface area contributed by atoms with Crippen molar-refractivity contribution in [2.24, 2.45) is 0 Å². The maximum absolute atomic E-state index is 10.7. The average Bonchev–Trinajstić information content (AvgIpc) is 2.25. The van der Waals surface area contributed by atoms with Gasteiger partial charge in [-0.1, -0.05) is 12.7 Å². The molecule has 0 aromatic heterocycles. The van der Waals surface area contributed by atoms with Crippen molar-refractivity contribution in [2.45, 2.75) is 0 Å². The number of benzene rings is 1. The van der Waals surface area contributed by atoms with Gasteiger partial charge in [0.15, 0.2) is 0 Å². The molecule has 1 N–H and O–H groups in total. The van der Waals surface area contributed by atoms with Gasteiger partial charge in [0.25, 0.3) is 0 Å². The molecule has 1 rings (SSSR count). The van der Waals surface area contributed by atoms with Crippen LogP contribution >= 0.6 is 0 Å². The first-order chi connectivity index (χ1) is 7.17. The summed E-state index contributed by atoms with van der Waals surface area (Å²) in [5, 5.41) is 17.4. The second-order valence-corrected chi connectivity index (χ2v) is 2.76. The van der Waals surface area contributed by atoms with Gasteiger partial charge in [-0.25, -0.2) is 4.79 Å². The molecule has 0 heterocycles. The van der Waals surface area contributed by atoms with E-state index in [1.165, 1.54) is 18.2 Å². The van der Waals surface area contributed by atoms with E-state index in [2.05, 4.69) is 6.58 Å². The normalized spacial score (nSPS) is 9.00. The Kier molecular flexibility index (Phi) is 3.47. The van der Waals surface area contributed by atoms with E-state index in [4.69, 9.17) is 15.1 Å². The second kappa shape index (κ2) is 4.82. The summed E-state index contributed by atoms with van der Waals surface area (Å²) in [5.41, 5.74) is 0.294. The minimum absolute atomic E-state index is 0.0353. The van der Waals surface area contributed by atoms with Crippen LogP contribution in [-0.4, -0.2) is 17.7 Å². The molecule has 0 fully saturated rings. The van der Waals surface area contributed by atoms with Crippen LogP contribution in [0, 0.1) is 11.3 Å². The van der Waals surface area contributed by atoms with Gasteiger partial charge in [0.2, 0.25) is 0 Å². The molecule has 0 spiro atoms. The number of aromatic carboxylic acids is 1. The van der Waals surface area contributed by atoms with Crippen LogP contribution < -0.4 is 4.74 Å². The van der Waals surface area contributed by atoms with Crippen molar-refractivity contribution in [3.05, 3.63) is 42.0 Å². The smallest absolute Gasteiger partial charge is 0.335 e. The summed E-state index contributed by atoms with van der Waals surface area (Å²) < 4.78 is 5.16. The lowest BCUT2D eigenvalue weighted by Gasteiger charge is -2.04. The molecule has 0 bridgehead atoms. The van der Waals surface area contributed by atoms with Crippen molar-refractivity contribution in [2.75, 3.05) is 6.61 Å². The first-order valence-corrected chi connectivity index (χ1v) is 4.19. The van der Waals surface area contributed by atoms with E-state index in [0.29, 0.717) is 5.75 Å². The average molecular weight is 203 g/mol. The largest absolute Gasteiger partial charge is 0.489 e. The molecule has 0 aliphatic carbocycles. The van der Waals surface area contributed by atoms with Crippen molar-refractivity contribution < 1.29 is 14.6 Å². The fourth-order valence-electron chi connectivity index (χ4n) is 1.03. The van der Waals surface area contributed by atoms with Gasteiger partial charge < -0.3 is 9.84 Å². The minimum Gasteiger partial charge on any atom is -0.489 e. The zero-order valence-corrected chi connectivity index (χ0v) is 7.93. The van der Waals surface area contributed by atoms with E-state index in [1.807, 2.05) is 6.07 Å². The molecule has 0 atom stereocenters.